The van der Waals surface area contributed by atoms with Gasteiger partial charge in [-0.15, -0.1) is 11.3 Å². The number of fused-ring (bicyclic) bond motifs is 1. The third kappa shape index (κ3) is 3.59. The van der Waals surface area contributed by atoms with Gasteiger partial charge in [-0.3, -0.25) is 10.1 Å². The fourth-order valence-electron chi connectivity index (χ4n) is 2.81. The Labute approximate surface area is 165 Å². The largest absolute Gasteiger partial charge is 0.497 e. The van der Waals surface area contributed by atoms with Crippen LogP contribution in [0.2, 0.25) is 0 Å². The molecule has 2 heterocycles. The van der Waals surface area contributed by atoms with Crippen molar-refractivity contribution in [1.82, 2.24) is 4.98 Å². The first-order chi connectivity index (χ1) is 13.7. The van der Waals surface area contributed by atoms with Crippen molar-refractivity contribution in [3.8, 4) is 23.0 Å². The third-order valence-electron chi connectivity index (χ3n) is 4.23. The lowest BCUT2D eigenvalue weighted by Gasteiger charge is -2.25. The van der Waals surface area contributed by atoms with Crippen LogP contribution in [0, 0.1) is 0 Å². The van der Waals surface area contributed by atoms with Crippen LogP contribution in [-0.4, -0.2) is 31.7 Å². The van der Waals surface area contributed by atoms with Crippen molar-refractivity contribution in [3.05, 3.63) is 59.1 Å². The van der Waals surface area contributed by atoms with E-state index < -0.39 is 0 Å². The first kappa shape index (κ1) is 18.1. The number of aromatic nitrogens is 1. The lowest BCUT2D eigenvalue weighted by Crippen LogP contribution is -2.22. The van der Waals surface area contributed by atoms with Crippen LogP contribution in [0.15, 0.2) is 47.8 Å². The average Bonchev–Trinajstić information content (AvgIpc) is 3.21. The molecule has 1 atom stereocenters. The van der Waals surface area contributed by atoms with E-state index in [2.05, 4.69) is 10.3 Å². The van der Waals surface area contributed by atoms with Crippen LogP contribution < -0.4 is 24.3 Å². The summed E-state index contributed by atoms with van der Waals surface area (Å²) in [5, 5.41) is 5.12. The number of benzene rings is 2. The van der Waals surface area contributed by atoms with Gasteiger partial charge in [-0.25, -0.2) is 4.98 Å². The van der Waals surface area contributed by atoms with Gasteiger partial charge in [-0.05, 0) is 24.3 Å². The number of methoxy groups -OCH3 is 2. The van der Waals surface area contributed by atoms with Crippen molar-refractivity contribution < 1.29 is 23.7 Å². The highest BCUT2D eigenvalue weighted by Gasteiger charge is 2.25. The van der Waals surface area contributed by atoms with Gasteiger partial charge < -0.3 is 18.9 Å². The molecule has 0 fully saturated rings. The average molecular weight is 398 g/mol. The van der Waals surface area contributed by atoms with Gasteiger partial charge in [0.05, 0.1) is 25.5 Å². The number of hydrogen-bond acceptors (Lipinski definition) is 7. The van der Waals surface area contributed by atoms with Gasteiger partial charge in [-0.2, -0.15) is 0 Å². The van der Waals surface area contributed by atoms with Gasteiger partial charge in [0.25, 0.3) is 5.91 Å². The zero-order valence-electron chi connectivity index (χ0n) is 15.3. The minimum atomic E-state index is -0.327. The van der Waals surface area contributed by atoms with Crippen molar-refractivity contribution in [2.75, 3.05) is 26.1 Å². The molecule has 4 rings (SSSR count). The summed E-state index contributed by atoms with van der Waals surface area (Å²) in [5.74, 6) is 2.12. The molecule has 8 heteroatoms. The number of rotatable bonds is 5. The molecule has 28 heavy (non-hydrogen) atoms. The predicted molar refractivity (Wildman–Crippen MR) is 105 cm³/mol. The van der Waals surface area contributed by atoms with Crippen LogP contribution >= 0.6 is 11.3 Å². The maximum atomic E-state index is 12.6. The molecule has 7 nitrogen and oxygen atoms in total. The number of para-hydroxylation sites is 2. The Morgan fingerprint density at radius 1 is 1.18 bits per heavy atom. The van der Waals surface area contributed by atoms with E-state index in [1.54, 1.807) is 25.3 Å². The fourth-order valence-corrected chi connectivity index (χ4v) is 3.55. The minimum absolute atomic E-state index is 0.313. The molecular weight excluding hydrogens is 380 g/mol. The third-order valence-corrected chi connectivity index (χ3v) is 5.01. The van der Waals surface area contributed by atoms with E-state index in [0.717, 1.165) is 0 Å². The number of amides is 1. The Morgan fingerprint density at radius 2 is 2.00 bits per heavy atom. The molecule has 0 saturated carbocycles. The molecule has 0 saturated heterocycles. The summed E-state index contributed by atoms with van der Waals surface area (Å²) in [4.78, 5) is 17.1. The molecule has 3 aromatic rings. The summed E-state index contributed by atoms with van der Waals surface area (Å²) in [6.07, 6.45) is -0.327. The number of carbonyl (C=O) groups is 1. The molecule has 1 aliphatic heterocycles. The summed E-state index contributed by atoms with van der Waals surface area (Å²) in [6, 6.07) is 12.5. The van der Waals surface area contributed by atoms with E-state index in [0.29, 0.717) is 46.0 Å². The molecule has 2 aromatic carbocycles. The van der Waals surface area contributed by atoms with Gasteiger partial charge >= 0.3 is 0 Å². The summed E-state index contributed by atoms with van der Waals surface area (Å²) in [6.45, 7) is 0.362. The summed E-state index contributed by atoms with van der Waals surface area (Å²) in [7, 11) is 3.06. The molecule has 0 radical (unpaired) electrons. The minimum Gasteiger partial charge on any atom is -0.497 e. The Kier molecular flexibility index (Phi) is 5.03. The SMILES string of the molecule is COc1ccc(C(=O)Nc2nc([C@@H]3COc4ccccc4O3)cs2)c(OC)c1. The monoisotopic (exact) mass is 398 g/mol. The van der Waals surface area contributed by atoms with Crippen molar-refractivity contribution >= 4 is 22.4 Å². The maximum Gasteiger partial charge on any atom is 0.261 e. The lowest BCUT2D eigenvalue weighted by atomic mass is 10.2. The van der Waals surface area contributed by atoms with Crippen LogP contribution in [-0.2, 0) is 0 Å². The van der Waals surface area contributed by atoms with E-state index >= 15 is 0 Å². The van der Waals surface area contributed by atoms with E-state index in [4.69, 9.17) is 18.9 Å². The van der Waals surface area contributed by atoms with Crippen molar-refractivity contribution in [3.63, 3.8) is 0 Å². The topological polar surface area (TPSA) is 78.9 Å². The second-order valence-corrected chi connectivity index (χ2v) is 6.82. The Balaban J connectivity index is 1.48. The summed E-state index contributed by atoms with van der Waals surface area (Å²) < 4.78 is 22.1. The van der Waals surface area contributed by atoms with Crippen LogP contribution in [0.1, 0.15) is 22.2 Å². The van der Waals surface area contributed by atoms with E-state index in [1.165, 1.54) is 18.4 Å². The zero-order valence-corrected chi connectivity index (χ0v) is 16.1. The second kappa shape index (κ2) is 7.77. The van der Waals surface area contributed by atoms with E-state index in [9.17, 15) is 4.79 Å². The second-order valence-electron chi connectivity index (χ2n) is 5.96. The highest BCUT2D eigenvalue weighted by atomic mass is 32.1. The molecule has 1 aromatic heterocycles. The fraction of sp³-hybridized carbons (Fsp3) is 0.200. The van der Waals surface area contributed by atoms with Crippen molar-refractivity contribution in [2.24, 2.45) is 0 Å². The van der Waals surface area contributed by atoms with Crippen molar-refractivity contribution in [2.45, 2.75) is 6.10 Å². The molecule has 0 bridgehead atoms. The highest BCUT2D eigenvalue weighted by Crippen LogP contribution is 2.36. The van der Waals surface area contributed by atoms with Crippen LogP contribution in [0.25, 0.3) is 0 Å². The predicted octanol–water partition coefficient (Wildman–Crippen LogP) is 3.93. The molecular formula is C20H18N2O5S. The number of nitrogens with one attached hydrogen (secondary N) is 1. The highest BCUT2D eigenvalue weighted by molar-refractivity contribution is 7.14. The quantitative estimate of drug-likeness (QED) is 0.702. The number of carbonyl (C=O) groups excluding carboxylic acids is 1. The first-order valence-electron chi connectivity index (χ1n) is 8.55. The molecule has 0 aliphatic carbocycles. The Morgan fingerprint density at radius 3 is 2.79 bits per heavy atom. The summed E-state index contributed by atoms with van der Waals surface area (Å²) >= 11 is 1.32. The van der Waals surface area contributed by atoms with Crippen molar-refractivity contribution in [1.29, 1.82) is 0 Å². The number of ether oxygens (including phenoxy) is 4. The number of anilines is 1. The number of nitrogens with zero attached hydrogens (tertiary/aromatic N) is 1. The zero-order chi connectivity index (χ0) is 19.5. The molecule has 144 valence electrons. The number of hydrogen-bond donors (Lipinski definition) is 1. The van der Waals surface area contributed by atoms with Crippen LogP contribution in [0.4, 0.5) is 5.13 Å². The molecule has 1 N–H and O–H groups in total. The molecule has 0 unspecified atom stereocenters. The normalized spacial score (nSPS) is 15.0. The van der Waals surface area contributed by atoms with E-state index in [1.807, 2.05) is 29.6 Å². The van der Waals surface area contributed by atoms with Gasteiger partial charge in [0.1, 0.15) is 18.1 Å². The van der Waals surface area contributed by atoms with Gasteiger partial charge in [0, 0.05) is 11.4 Å². The Bertz CT molecular complexity index is 1000. The van der Waals surface area contributed by atoms with Gasteiger partial charge in [0.2, 0.25) is 0 Å². The number of thiazole rings is 1. The molecule has 0 spiro atoms. The summed E-state index contributed by atoms with van der Waals surface area (Å²) in [5.41, 5.74) is 1.10. The first-order valence-corrected chi connectivity index (χ1v) is 9.43. The van der Waals surface area contributed by atoms with Crippen LogP contribution in [0.5, 0.6) is 23.0 Å². The van der Waals surface area contributed by atoms with Crippen LogP contribution in [0.3, 0.4) is 0 Å². The molecule has 1 aliphatic rings. The lowest BCUT2D eigenvalue weighted by molar-refractivity contribution is 0.0888. The standard InChI is InChI=1S/C20H18N2O5S/c1-24-12-7-8-13(17(9-12)25-2)19(23)22-20-21-14(11-28-20)18-10-26-15-5-3-4-6-16(15)27-18/h3-9,11,18H,10H2,1-2H3,(H,21,22,23)/t18-/m0/s1. The van der Waals surface area contributed by atoms with E-state index in [-0.39, 0.29) is 12.0 Å². The maximum absolute atomic E-state index is 12.6. The smallest absolute Gasteiger partial charge is 0.261 e. The van der Waals surface area contributed by atoms with Gasteiger partial charge in [-0.1, -0.05) is 12.1 Å². The van der Waals surface area contributed by atoms with Gasteiger partial charge in [0.15, 0.2) is 22.7 Å². The Hall–Kier alpha value is -3.26. The molecule has 1 amide bonds.